The Balaban J connectivity index is 2.57. The Kier molecular flexibility index (Phi) is 3.01. The predicted octanol–water partition coefficient (Wildman–Crippen LogP) is 3.25. The maximum absolute atomic E-state index is 13.8. The molecule has 0 heterocycles. The fourth-order valence-corrected chi connectivity index (χ4v) is 2.55. The molecule has 88 valence electrons. The van der Waals surface area contributed by atoms with E-state index in [0.29, 0.717) is 0 Å². The highest BCUT2D eigenvalue weighted by Gasteiger charge is 2.40. The average Bonchev–Trinajstić information content (AvgIpc) is 2.21. The van der Waals surface area contributed by atoms with Gasteiger partial charge in [-0.2, -0.15) is 0 Å². The van der Waals surface area contributed by atoms with Crippen LogP contribution in [0.25, 0.3) is 0 Å². The van der Waals surface area contributed by atoms with Gasteiger partial charge in [-0.05, 0) is 40.4 Å². The van der Waals surface area contributed by atoms with E-state index in [9.17, 15) is 13.2 Å². The summed E-state index contributed by atoms with van der Waals surface area (Å²) in [6.07, 6.45) is 2.38. The number of rotatable bonds is 2. The van der Waals surface area contributed by atoms with Gasteiger partial charge in [-0.15, -0.1) is 0 Å². The largest absolute Gasteiger partial charge is 0.330 e. The summed E-state index contributed by atoms with van der Waals surface area (Å²) in [7, 11) is 0. The summed E-state index contributed by atoms with van der Waals surface area (Å²) in [6.45, 7) is 0.251. The Morgan fingerprint density at radius 1 is 1.25 bits per heavy atom. The van der Waals surface area contributed by atoms with Gasteiger partial charge in [0, 0.05) is 12.0 Å². The van der Waals surface area contributed by atoms with Crippen molar-refractivity contribution in [3.8, 4) is 0 Å². The van der Waals surface area contributed by atoms with E-state index in [1.165, 1.54) is 0 Å². The smallest absolute Gasteiger partial charge is 0.175 e. The van der Waals surface area contributed by atoms with E-state index in [1.54, 1.807) is 0 Å². The van der Waals surface area contributed by atoms with Crippen molar-refractivity contribution in [2.75, 3.05) is 6.54 Å². The van der Waals surface area contributed by atoms with E-state index in [-0.39, 0.29) is 12.1 Å². The zero-order valence-corrected chi connectivity index (χ0v) is 10.1. The lowest BCUT2D eigenvalue weighted by Crippen LogP contribution is -2.42. The fraction of sp³-hybridized carbons (Fsp3) is 0.455. The zero-order valence-electron chi connectivity index (χ0n) is 8.49. The molecule has 1 aliphatic rings. The van der Waals surface area contributed by atoms with Crippen LogP contribution >= 0.6 is 15.9 Å². The Bertz CT molecular complexity index is 424. The Hall–Kier alpha value is -0.550. The number of nitrogens with two attached hydrogens (primary N) is 1. The summed E-state index contributed by atoms with van der Waals surface area (Å²) in [6, 6.07) is 0.932. The standard InChI is InChI=1S/C11H11BrF3N/c12-8-9(14)6(4-7(13)10(8)15)11(5-16)2-1-3-11/h4H,1-3,5,16H2. The molecule has 2 rings (SSSR count). The molecule has 2 N–H and O–H groups in total. The molecule has 0 atom stereocenters. The van der Waals surface area contributed by atoms with Crippen LogP contribution in [-0.4, -0.2) is 6.54 Å². The van der Waals surface area contributed by atoms with E-state index in [0.717, 1.165) is 25.3 Å². The van der Waals surface area contributed by atoms with Gasteiger partial charge in [-0.25, -0.2) is 13.2 Å². The molecule has 0 aliphatic heterocycles. The van der Waals surface area contributed by atoms with Crippen molar-refractivity contribution in [3.63, 3.8) is 0 Å². The van der Waals surface area contributed by atoms with Crippen LogP contribution in [0.4, 0.5) is 13.2 Å². The Labute approximate surface area is 100.0 Å². The second-order valence-electron chi connectivity index (χ2n) is 4.19. The van der Waals surface area contributed by atoms with Gasteiger partial charge < -0.3 is 5.73 Å². The lowest BCUT2D eigenvalue weighted by Gasteiger charge is -2.41. The third-order valence-electron chi connectivity index (χ3n) is 3.38. The van der Waals surface area contributed by atoms with Gasteiger partial charge in [0.25, 0.3) is 0 Å². The van der Waals surface area contributed by atoms with E-state index >= 15 is 0 Å². The van der Waals surface area contributed by atoms with Crippen molar-refractivity contribution in [1.29, 1.82) is 0 Å². The SMILES string of the molecule is NCC1(c2cc(F)c(F)c(Br)c2F)CCC1. The highest BCUT2D eigenvalue weighted by atomic mass is 79.9. The molecule has 1 saturated carbocycles. The molecule has 16 heavy (non-hydrogen) atoms. The first-order valence-corrected chi connectivity index (χ1v) is 5.85. The Morgan fingerprint density at radius 2 is 1.88 bits per heavy atom. The molecule has 0 aromatic heterocycles. The van der Waals surface area contributed by atoms with Crippen molar-refractivity contribution in [2.45, 2.75) is 24.7 Å². The minimum absolute atomic E-state index is 0.187. The zero-order chi connectivity index (χ0) is 11.9. The van der Waals surface area contributed by atoms with Crippen LogP contribution in [0.1, 0.15) is 24.8 Å². The molecule has 1 aliphatic carbocycles. The molecular weight excluding hydrogens is 283 g/mol. The van der Waals surface area contributed by atoms with Gasteiger partial charge in [-0.3, -0.25) is 0 Å². The highest BCUT2D eigenvalue weighted by molar-refractivity contribution is 9.10. The monoisotopic (exact) mass is 293 g/mol. The summed E-state index contributed by atoms with van der Waals surface area (Å²) in [4.78, 5) is 0. The van der Waals surface area contributed by atoms with Crippen LogP contribution in [0.5, 0.6) is 0 Å². The second kappa shape index (κ2) is 4.04. The molecular formula is C11H11BrF3N. The summed E-state index contributed by atoms with van der Waals surface area (Å²) >= 11 is 2.72. The van der Waals surface area contributed by atoms with Crippen molar-refractivity contribution in [3.05, 3.63) is 33.6 Å². The van der Waals surface area contributed by atoms with Crippen LogP contribution in [0.3, 0.4) is 0 Å². The van der Waals surface area contributed by atoms with Crippen LogP contribution in [0.2, 0.25) is 0 Å². The Morgan fingerprint density at radius 3 is 2.31 bits per heavy atom. The van der Waals surface area contributed by atoms with Gasteiger partial charge in [0.05, 0.1) is 4.47 Å². The van der Waals surface area contributed by atoms with Crippen LogP contribution in [-0.2, 0) is 5.41 Å². The number of halogens is 4. The summed E-state index contributed by atoms with van der Waals surface area (Å²) < 4.78 is 39.7. The molecule has 5 heteroatoms. The molecule has 1 aromatic rings. The molecule has 0 unspecified atom stereocenters. The fourth-order valence-electron chi connectivity index (χ4n) is 2.15. The van der Waals surface area contributed by atoms with Crippen LogP contribution < -0.4 is 5.73 Å². The molecule has 1 fully saturated rings. The molecule has 0 radical (unpaired) electrons. The molecule has 0 bridgehead atoms. The quantitative estimate of drug-likeness (QED) is 0.657. The van der Waals surface area contributed by atoms with Gasteiger partial charge in [-0.1, -0.05) is 6.42 Å². The minimum Gasteiger partial charge on any atom is -0.330 e. The van der Waals surface area contributed by atoms with E-state index in [2.05, 4.69) is 15.9 Å². The van der Waals surface area contributed by atoms with Crippen molar-refractivity contribution < 1.29 is 13.2 Å². The van der Waals surface area contributed by atoms with Crippen molar-refractivity contribution >= 4 is 15.9 Å². The predicted molar refractivity (Wildman–Crippen MR) is 58.6 cm³/mol. The number of hydrogen-bond donors (Lipinski definition) is 1. The van der Waals surface area contributed by atoms with Gasteiger partial charge >= 0.3 is 0 Å². The van der Waals surface area contributed by atoms with Crippen LogP contribution in [0, 0.1) is 17.5 Å². The first kappa shape index (κ1) is 11.9. The molecule has 0 amide bonds. The van der Waals surface area contributed by atoms with E-state index in [4.69, 9.17) is 5.73 Å². The maximum Gasteiger partial charge on any atom is 0.175 e. The van der Waals surface area contributed by atoms with Gasteiger partial charge in [0.15, 0.2) is 11.6 Å². The van der Waals surface area contributed by atoms with Crippen molar-refractivity contribution in [1.82, 2.24) is 0 Å². The summed E-state index contributed by atoms with van der Waals surface area (Å²) in [5, 5.41) is 0. The molecule has 1 nitrogen and oxygen atoms in total. The van der Waals surface area contributed by atoms with Gasteiger partial charge in [0.1, 0.15) is 5.82 Å². The lowest BCUT2D eigenvalue weighted by molar-refractivity contribution is 0.242. The summed E-state index contributed by atoms with van der Waals surface area (Å²) in [5.41, 5.74) is 5.28. The highest BCUT2D eigenvalue weighted by Crippen LogP contribution is 2.45. The van der Waals surface area contributed by atoms with E-state index in [1.807, 2.05) is 0 Å². The maximum atomic E-state index is 13.8. The molecule has 0 saturated heterocycles. The van der Waals surface area contributed by atoms with Gasteiger partial charge in [0.2, 0.25) is 0 Å². The topological polar surface area (TPSA) is 26.0 Å². The van der Waals surface area contributed by atoms with Crippen LogP contribution in [0.15, 0.2) is 10.5 Å². The average molecular weight is 294 g/mol. The third kappa shape index (κ3) is 1.57. The first-order chi connectivity index (χ1) is 7.52. The molecule has 1 aromatic carbocycles. The van der Waals surface area contributed by atoms with E-state index < -0.39 is 27.3 Å². The minimum atomic E-state index is -1.19. The normalized spacial score (nSPS) is 18.3. The molecule has 0 spiro atoms. The third-order valence-corrected chi connectivity index (χ3v) is 4.07. The lowest BCUT2D eigenvalue weighted by atomic mass is 9.64. The first-order valence-electron chi connectivity index (χ1n) is 5.05. The number of hydrogen-bond acceptors (Lipinski definition) is 1. The number of benzene rings is 1. The van der Waals surface area contributed by atoms with Crippen molar-refractivity contribution in [2.24, 2.45) is 5.73 Å². The summed E-state index contributed by atoms with van der Waals surface area (Å²) in [5.74, 6) is -2.96. The second-order valence-corrected chi connectivity index (χ2v) is 4.98.